The lowest BCUT2D eigenvalue weighted by molar-refractivity contribution is -0.153. The Bertz CT molecular complexity index is 564. The fourth-order valence-corrected chi connectivity index (χ4v) is 1.77. The van der Waals surface area contributed by atoms with Crippen LogP contribution in [0.5, 0.6) is 5.75 Å². The normalized spacial score (nSPS) is 11.4. The van der Waals surface area contributed by atoms with E-state index in [-0.39, 0.29) is 12.3 Å². The van der Waals surface area contributed by atoms with Crippen LogP contribution in [0.15, 0.2) is 48.5 Å². The van der Waals surface area contributed by atoms with Gasteiger partial charge in [0.1, 0.15) is 5.75 Å². The number of ether oxygens (including phenoxy) is 1. The Kier molecular flexibility index (Phi) is 4.29. The predicted octanol–water partition coefficient (Wildman–Crippen LogP) is 4.85. The lowest BCUT2D eigenvalue weighted by Gasteiger charge is -2.10. The fourth-order valence-electron chi connectivity index (χ4n) is 1.77. The summed E-state index contributed by atoms with van der Waals surface area (Å²) < 4.78 is 40.7. The summed E-state index contributed by atoms with van der Waals surface area (Å²) in [6.45, 7) is -1.10. The maximum Gasteiger partial charge on any atom is 0.422 e. The second-order valence-corrected chi connectivity index (χ2v) is 4.31. The summed E-state index contributed by atoms with van der Waals surface area (Å²) >= 11 is 0. The highest BCUT2D eigenvalue weighted by Gasteiger charge is 2.28. The third-order valence-electron chi connectivity index (χ3n) is 2.72. The van der Waals surface area contributed by atoms with E-state index in [0.29, 0.717) is 0 Å². The SMILES string of the molecule is [NH-]Cc1cccc(-c2ccc(OCC(F)(F)F)cc2)c1. The molecule has 0 aliphatic carbocycles. The van der Waals surface area contributed by atoms with Gasteiger partial charge in [-0.2, -0.15) is 13.2 Å². The average Bonchev–Trinajstić information content (AvgIpc) is 2.45. The molecule has 2 rings (SSSR count). The van der Waals surface area contributed by atoms with E-state index in [4.69, 9.17) is 5.73 Å². The number of nitrogens with one attached hydrogen (secondary N) is 1. The number of rotatable bonds is 4. The lowest BCUT2D eigenvalue weighted by Crippen LogP contribution is -2.19. The van der Waals surface area contributed by atoms with Crippen molar-refractivity contribution in [3.05, 3.63) is 59.8 Å². The highest BCUT2D eigenvalue weighted by molar-refractivity contribution is 5.64. The molecule has 2 aromatic carbocycles. The van der Waals surface area contributed by atoms with Crippen LogP contribution in [0.1, 0.15) is 5.56 Å². The van der Waals surface area contributed by atoms with Crippen molar-refractivity contribution >= 4 is 0 Å². The average molecular weight is 280 g/mol. The van der Waals surface area contributed by atoms with Crippen LogP contribution in [0.3, 0.4) is 0 Å². The van der Waals surface area contributed by atoms with Crippen molar-refractivity contribution in [1.29, 1.82) is 0 Å². The molecule has 0 aliphatic heterocycles. The first kappa shape index (κ1) is 14.4. The molecule has 0 aliphatic rings. The van der Waals surface area contributed by atoms with Crippen molar-refractivity contribution in [2.45, 2.75) is 12.7 Å². The molecule has 0 amide bonds. The van der Waals surface area contributed by atoms with Gasteiger partial charge < -0.3 is 10.5 Å². The maximum absolute atomic E-state index is 12.0. The first-order valence-electron chi connectivity index (χ1n) is 6.01. The zero-order valence-corrected chi connectivity index (χ0v) is 10.6. The molecule has 0 saturated heterocycles. The topological polar surface area (TPSA) is 33.0 Å². The summed E-state index contributed by atoms with van der Waals surface area (Å²) in [5, 5.41) is 0. The van der Waals surface area contributed by atoms with Crippen LogP contribution < -0.4 is 4.74 Å². The minimum Gasteiger partial charge on any atom is -0.674 e. The van der Waals surface area contributed by atoms with Gasteiger partial charge in [0.15, 0.2) is 6.61 Å². The molecule has 0 fully saturated rings. The molecule has 0 aromatic heterocycles. The number of hydrogen-bond acceptors (Lipinski definition) is 1. The molecule has 0 bridgehead atoms. The Balaban J connectivity index is 2.11. The van der Waals surface area contributed by atoms with Crippen molar-refractivity contribution in [3.8, 4) is 16.9 Å². The van der Waals surface area contributed by atoms with E-state index in [1.807, 2.05) is 24.3 Å². The molecule has 0 heterocycles. The molecular formula is C15H13F3NO-. The van der Waals surface area contributed by atoms with Crippen LogP contribution in [0, 0.1) is 0 Å². The standard InChI is InChI=1S/C15H13F3NO/c16-15(17,18)10-20-14-6-4-12(5-7-14)13-3-1-2-11(8-13)9-19/h1-8,19H,9-10H2/q-1. The highest BCUT2D eigenvalue weighted by atomic mass is 19.4. The molecule has 0 atom stereocenters. The third-order valence-corrected chi connectivity index (χ3v) is 2.72. The van der Waals surface area contributed by atoms with Gasteiger partial charge in [0, 0.05) is 0 Å². The summed E-state index contributed by atoms with van der Waals surface area (Å²) in [7, 11) is 0. The van der Waals surface area contributed by atoms with Crippen molar-refractivity contribution in [2.24, 2.45) is 0 Å². The lowest BCUT2D eigenvalue weighted by atomic mass is 10.0. The van der Waals surface area contributed by atoms with Crippen LogP contribution in [-0.4, -0.2) is 12.8 Å². The van der Waals surface area contributed by atoms with Gasteiger partial charge in [0.05, 0.1) is 0 Å². The number of halogens is 3. The molecule has 20 heavy (non-hydrogen) atoms. The Morgan fingerprint density at radius 2 is 1.65 bits per heavy atom. The quantitative estimate of drug-likeness (QED) is 0.788. The number of hydrogen-bond donors (Lipinski definition) is 0. The summed E-state index contributed by atoms with van der Waals surface area (Å²) in [5.41, 5.74) is 10.0. The van der Waals surface area contributed by atoms with Gasteiger partial charge in [0.25, 0.3) is 0 Å². The molecule has 0 unspecified atom stereocenters. The van der Waals surface area contributed by atoms with Gasteiger partial charge >= 0.3 is 6.18 Å². The second-order valence-electron chi connectivity index (χ2n) is 4.31. The molecule has 0 saturated carbocycles. The molecule has 2 aromatic rings. The monoisotopic (exact) mass is 280 g/mol. The van der Waals surface area contributed by atoms with E-state index < -0.39 is 12.8 Å². The molecule has 2 nitrogen and oxygen atoms in total. The van der Waals surface area contributed by atoms with Gasteiger partial charge in [-0.3, -0.25) is 0 Å². The minimum atomic E-state index is -4.33. The Morgan fingerprint density at radius 1 is 0.950 bits per heavy atom. The predicted molar refractivity (Wildman–Crippen MR) is 71.5 cm³/mol. The van der Waals surface area contributed by atoms with Gasteiger partial charge in [-0.15, -0.1) is 6.54 Å². The van der Waals surface area contributed by atoms with Crippen LogP contribution in [0.25, 0.3) is 16.9 Å². The Morgan fingerprint density at radius 3 is 2.25 bits per heavy atom. The Labute approximate surface area is 115 Å². The third kappa shape index (κ3) is 3.99. The zero-order valence-electron chi connectivity index (χ0n) is 10.6. The summed E-state index contributed by atoms with van der Waals surface area (Å²) in [6, 6.07) is 13.9. The molecule has 0 spiro atoms. The van der Waals surface area contributed by atoms with Gasteiger partial charge in [0.2, 0.25) is 0 Å². The van der Waals surface area contributed by atoms with Crippen LogP contribution in [0.2, 0.25) is 0 Å². The second kappa shape index (κ2) is 5.96. The van der Waals surface area contributed by atoms with E-state index in [1.165, 1.54) is 12.1 Å². The number of alkyl halides is 3. The van der Waals surface area contributed by atoms with E-state index in [2.05, 4.69) is 4.74 Å². The smallest absolute Gasteiger partial charge is 0.422 e. The van der Waals surface area contributed by atoms with Gasteiger partial charge in [-0.25, -0.2) is 0 Å². The molecule has 0 radical (unpaired) electrons. The largest absolute Gasteiger partial charge is 0.674 e. The van der Waals surface area contributed by atoms with Crippen molar-refractivity contribution in [1.82, 2.24) is 0 Å². The fraction of sp³-hybridized carbons (Fsp3) is 0.200. The van der Waals surface area contributed by atoms with E-state index in [0.717, 1.165) is 16.7 Å². The molecular weight excluding hydrogens is 267 g/mol. The van der Waals surface area contributed by atoms with Crippen LogP contribution >= 0.6 is 0 Å². The maximum atomic E-state index is 12.0. The van der Waals surface area contributed by atoms with Gasteiger partial charge in [-0.1, -0.05) is 42.0 Å². The van der Waals surface area contributed by atoms with Crippen LogP contribution in [-0.2, 0) is 6.54 Å². The molecule has 1 N–H and O–H groups in total. The van der Waals surface area contributed by atoms with Crippen LogP contribution in [0.4, 0.5) is 13.2 Å². The summed E-state index contributed by atoms with van der Waals surface area (Å²) in [5.74, 6) is 0.183. The summed E-state index contributed by atoms with van der Waals surface area (Å²) in [6.07, 6.45) is -4.33. The molecule has 106 valence electrons. The molecule has 5 heteroatoms. The van der Waals surface area contributed by atoms with E-state index >= 15 is 0 Å². The van der Waals surface area contributed by atoms with Gasteiger partial charge in [-0.05, 0) is 23.3 Å². The van der Waals surface area contributed by atoms with Crippen molar-refractivity contribution in [3.63, 3.8) is 0 Å². The van der Waals surface area contributed by atoms with Crippen molar-refractivity contribution in [2.75, 3.05) is 6.61 Å². The first-order valence-corrected chi connectivity index (χ1v) is 6.01. The van der Waals surface area contributed by atoms with E-state index in [1.54, 1.807) is 12.1 Å². The summed E-state index contributed by atoms with van der Waals surface area (Å²) in [4.78, 5) is 0. The Hall–Kier alpha value is -2.01. The first-order chi connectivity index (χ1) is 9.48. The van der Waals surface area contributed by atoms with E-state index in [9.17, 15) is 13.2 Å². The minimum absolute atomic E-state index is 0.183. The number of benzene rings is 2. The zero-order chi connectivity index (χ0) is 14.6. The van der Waals surface area contributed by atoms with Crippen molar-refractivity contribution < 1.29 is 17.9 Å². The highest BCUT2D eigenvalue weighted by Crippen LogP contribution is 2.24.